The van der Waals surface area contributed by atoms with Crippen LogP contribution in [0.5, 0.6) is 0 Å². The number of anilines is 1. The summed E-state index contributed by atoms with van der Waals surface area (Å²) < 4.78 is 1.09. The van der Waals surface area contributed by atoms with E-state index < -0.39 is 0 Å². The minimum absolute atomic E-state index is 0.717. The van der Waals surface area contributed by atoms with Crippen molar-refractivity contribution in [2.24, 2.45) is 0 Å². The first-order valence-corrected chi connectivity index (χ1v) is 9.45. The number of aryl methyl sites for hydroxylation is 1. The van der Waals surface area contributed by atoms with Crippen molar-refractivity contribution in [1.82, 2.24) is 4.98 Å². The van der Waals surface area contributed by atoms with Crippen molar-refractivity contribution in [2.75, 3.05) is 4.90 Å². The summed E-state index contributed by atoms with van der Waals surface area (Å²) in [6, 6.07) is 3.66. The van der Waals surface area contributed by atoms with Crippen molar-refractivity contribution in [3.05, 3.63) is 22.3 Å². The van der Waals surface area contributed by atoms with E-state index in [0.29, 0.717) is 12.1 Å². The summed E-state index contributed by atoms with van der Waals surface area (Å²) in [5.74, 6) is 1.25. The minimum atomic E-state index is 0.717. The summed E-state index contributed by atoms with van der Waals surface area (Å²) in [6.45, 7) is 2.21. The molecule has 3 heteroatoms. The first kappa shape index (κ1) is 15.3. The standard InChI is InChI=1S/C18H27BrN2/c1-14-12-15(19)13-20-18(14)21(16-8-4-2-5-9-16)17-10-6-3-7-11-17/h12-13,16-17H,2-11H2,1H3. The fourth-order valence-electron chi connectivity index (χ4n) is 4.17. The Morgan fingerprint density at radius 3 is 1.95 bits per heavy atom. The van der Waals surface area contributed by atoms with Gasteiger partial charge in [0, 0.05) is 22.8 Å². The molecule has 0 radical (unpaired) electrons. The molecule has 0 aromatic carbocycles. The molecule has 1 aromatic rings. The van der Waals surface area contributed by atoms with Crippen LogP contribution in [-0.2, 0) is 0 Å². The molecule has 2 aliphatic rings. The largest absolute Gasteiger partial charge is 0.350 e. The van der Waals surface area contributed by atoms with Crippen molar-refractivity contribution in [1.29, 1.82) is 0 Å². The highest BCUT2D eigenvalue weighted by Gasteiger charge is 2.30. The highest BCUT2D eigenvalue weighted by atomic mass is 79.9. The van der Waals surface area contributed by atoms with Gasteiger partial charge in [0.25, 0.3) is 0 Å². The van der Waals surface area contributed by atoms with Gasteiger partial charge >= 0.3 is 0 Å². The maximum atomic E-state index is 4.81. The monoisotopic (exact) mass is 350 g/mol. The quantitative estimate of drug-likeness (QED) is 0.702. The van der Waals surface area contributed by atoms with Crippen LogP contribution in [0.1, 0.15) is 69.8 Å². The van der Waals surface area contributed by atoms with E-state index in [4.69, 9.17) is 4.98 Å². The van der Waals surface area contributed by atoms with Gasteiger partial charge in [0.15, 0.2) is 0 Å². The number of hydrogen-bond donors (Lipinski definition) is 0. The topological polar surface area (TPSA) is 16.1 Å². The normalized spacial score (nSPS) is 21.4. The van der Waals surface area contributed by atoms with Crippen molar-refractivity contribution in [3.63, 3.8) is 0 Å². The van der Waals surface area contributed by atoms with Crippen LogP contribution >= 0.6 is 15.9 Å². The van der Waals surface area contributed by atoms with Crippen molar-refractivity contribution >= 4 is 21.7 Å². The van der Waals surface area contributed by atoms with Crippen LogP contribution in [0.15, 0.2) is 16.7 Å². The summed E-state index contributed by atoms with van der Waals surface area (Å²) in [7, 11) is 0. The van der Waals surface area contributed by atoms with Gasteiger partial charge in [-0.2, -0.15) is 0 Å². The molecule has 1 aromatic heterocycles. The third kappa shape index (κ3) is 3.61. The molecule has 0 aliphatic heterocycles. The summed E-state index contributed by atoms with van der Waals surface area (Å²) in [5, 5.41) is 0. The Kier molecular flexibility index (Phi) is 5.20. The number of halogens is 1. The second kappa shape index (κ2) is 7.13. The summed E-state index contributed by atoms with van der Waals surface area (Å²) in [4.78, 5) is 7.53. The van der Waals surface area contributed by atoms with Gasteiger partial charge in [-0.15, -0.1) is 0 Å². The van der Waals surface area contributed by atoms with E-state index in [9.17, 15) is 0 Å². The van der Waals surface area contributed by atoms with Crippen molar-refractivity contribution in [3.8, 4) is 0 Å². The third-order valence-electron chi connectivity index (χ3n) is 5.20. The predicted octanol–water partition coefficient (Wildman–Crippen LogP) is 5.62. The van der Waals surface area contributed by atoms with Crippen LogP contribution in [0.3, 0.4) is 0 Å². The summed E-state index contributed by atoms with van der Waals surface area (Å²) >= 11 is 3.56. The molecule has 2 nitrogen and oxygen atoms in total. The second-order valence-electron chi connectivity index (χ2n) is 6.78. The third-order valence-corrected chi connectivity index (χ3v) is 5.63. The molecule has 0 atom stereocenters. The molecule has 2 aliphatic carbocycles. The maximum Gasteiger partial charge on any atom is 0.132 e. The van der Waals surface area contributed by atoms with Gasteiger partial charge in [-0.3, -0.25) is 0 Å². The Morgan fingerprint density at radius 1 is 0.952 bits per heavy atom. The molecule has 0 unspecified atom stereocenters. The van der Waals surface area contributed by atoms with E-state index in [0.717, 1.165) is 4.47 Å². The molecular weight excluding hydrogens is 324 g/mol. The Hall–Kier alpha value is -0.570. The zero-order valence-corrected chi connectivity index (χ0v) is 14.7. The number of nitrogens with zero attached hydrogens (tertiary/aromatic N) is 2. The van der Waals surface area contributed by atoms with Crippen LogP contribution in [0.2, 0.25) is 0 Å². The molecule has 3 rings (SSSR count). The Bertz CT molecular complexity index is 444. The highest BCUT2D eigenvalue weighted by Crippen LogP contribution is 2.35. The van der Waals surface area contributed by atoms with E-state index >= 15 is 0 Å². The van der Waals surface area contributed by atoms with Gasteiger partial charge in [-0.25, -0.2) is 4.98 Å². The summed E-state index contributed by atoms with van der Waals surface area (Å²) in [5.41, 5.74) is 1.32. The lowest BCUT2D eigenvalue weighted by Crippen LogP contribution is -2.46. The Morgan fingerprint density at radius 2 is 1.48 bits per heavy atom. The van der Waals surface area contributed by atoms with E-state index in [1.165, 1.54) is 75.6 Å². The Labute approximate surface area is 137 Å². The maximum absolute atomic E-state index is 4.81. The highest BCUT2D eigenvalue weighted by molar-refractivity contribution is 9.10. The van der Waals surface area contributed by atoms with Gasteiger partial charge < -0.3 is 4.90 Å². The zero-order valence-electron chi connectivity index (χ0n) is 13.2. The molecule has 2 saturated carbocycles. The van der Waals surface area contributed by atoms with Gasteiger partial charge in [-0.05, 0) is 60.2 Å². The fraction of sp³-hybridized carbons (Fsp3) is 0.722. The molecule has 0 saturated heterocycles. The lowest BCUT2D eigenvalue weighted by Gasteiger charge is -2.43. The van der Waals surface area contributed by atoms with Gasteiger partial charge in [0.05, 0.1) is 0 Å². The van der Waals surface area contributed by atoms with Gasteiger partial charge in [0.2, 0.25) is 0 Å². The number of pyridine rings is 1. The first-order valence-electron chi connectivity index (χ1n) is 8.66. The van der Waals surface area contributed by atoms with Crippen LogP contribution in [-0.4, -0.2) is 17.1 Å². The molecule has 1 heterocycles. The van der Waals surface area contributed by atoms with Crippen molar-refractivity contribution < 1.29 is 0 Å². The molecule has 0 N–H and O–H groups in total. The number of rotatable bonds is 3. The molecule has 2 fully saturated rings. The van der Waals surface area contributed by atoms with Crippen LogP contribution in [0.4, 0.5) is 5.82 Å². The SMILES string of the molecule is Cc1cc(Br)cnc1N(C1CCCCC1)C1CCCCC1. The second-order valence-corrected chi connectivity index (χ2v) is 7.70. The van der Waals surface area contributed by atoms with Crippen molar-refractivity contribution in [2.45, 2.75) is 83.2 Å². The minimum Gasteiger partial charge on any atom is -0.350 e. The van der Waals surface area contributed by atoms with Crippen LogP contribution in [0.25, 0.3) is 0 Å². The van der Waals surface area contributed by atoms with Gasteiger partial charge in [0.1, 0.15) is 5.82 Å². The van der Waals surface area contributed by atoms with Crippen LogP contribution < -0.4 is 4.90 Å². The lowest BCUT2D eigenvalue weighted by molar-refractivity contribution is 0.337. The lowest BCUT2D eigenvalue weighted by atomic mass is 9.88. The molecular formula is C18H27BrN2. The Balaban J connectivity index is 1.89. The fourth-order valence-corrected chi connectivity index (χ4v) is 4.61. The van der Waals surface area contributed by atoms with E-state index in [1.807, 2.05) is 6.20 Å². The van der Waals surface area contributed by atoms with Crippen LogP contribution in [0, 0.1) is 6.92 Å². The van der Waals surface area contributed by atoms with E-state index in [1.54, 1.807) is 0 Å². The zero-order chi connectivity index (χ0) is 14.7. The van der Waals surface area contributed by atoms with Gasteiger partial charge in [-0.1, -0.05) is 38.5 Å². The van der Waals surface area contributed by atoms with E-state index in [-0.39, 0.29) is 0 Å². The smallest absolute Gasteiger partial charge is 0.132 e. The number of hydrogen-bond acceptors (Lipinski definition) is 2. The average molecular weight is 351 g/mol. The van der Waals surface area contributed by atoms with E-state index in [2.05, 4.69) is 33.8 Å². The molecule has 0 bridgehead atoms. The average Bonchev–Trinajstić information content (AvgIpc) is 2.52. The molecule has 0 amide bonds. The molecule has 21 heavy (non-hydrogen) atoms. The number of aromatic nitrogens is 1. The molecule has 0 spiro atoms. The summed E-state index contributed by atoms with van der Waals surface area (Å²) in [6.07, 6.45) is 15.8. The molecule has 116 valence electrons. The first-order chi connectivity index (χ1) is 10.3. The predicted molar refractivity (Wildman–Crippen MR) is 92.9 cm³/mol.